The fourth-order valence-electron chi connectivity index (χ4n) is 2.71. The number of carbonyl (C=O) groups excluding carboxylic acids is 1. The number of rotatable bonds is 4. The lowest BCUT2D eigenvalue weighted by molar-refractivity contribution is 0.180. The number of piperidine rings is 1. The van der Waals surface area contributed by atoms with Crippen LogP contribution in [-0.2, 0) is 0 Å². The lowest BCUT2D eigenvalue weighted by Crippen LogP contribution is -2.46. The van der Waals surface area contributed by atoms with Gasteiger partial charge in [-0.25, -0.2) is 13.6 Å². The molecule has 2 rings (SSSR count). The van der Waals surface area contributed by atoms with Crippen LogP contribution in [0.5, 0.6) is 0 Å². The summed E-state index contributed by atoms with van der Waals surface area (Å²) in [4.78, 5) is 14.3. The van der Waals surface area contributed by atoms with Gasteiger partial charge >= 0.3 is 6.03 Å². The van der Waals surface area contributed by atoms with E-state index in [2.05, 4.69) is 29.4 Å². The van der Waals surface area contributed by atoms with Gasteiger partial charge in [0.25, 0.3) is 0 Å². The summed E-state index contributed by atoms with van der Waals surface area (Å²) in [7, 11) is 0. The summed E-state index contributed by atoms with van der Waals surface area (Å²) in [5.74, 6) is -0.808. The maximum absolute atomic E-state index is 13.5. The number of urea groups is 1. The Morgan fingerprint density at radius 3 is 2.59 bits per heavy atom. The molecule has 1 aliphatic rings. The molecule has 122 valence electrons. The molecule has 2 N–H and O–H groups in total. The van der Waals surface area contributed by atoms with E-state index in [9.17, 15) is 13.6 Å². The number of amides is 2. The van der Waals surface area contributed by atoms with Crippen LogP contribution >= 0.6 is 0 Å². The van der Waals surface area contributed by atoms with Gasteiger partial charge in [0.2, 0.25) is 0 Å². The minimum absolute atomic E-state index is 0.0175. The largest absolute Gasteiger partial charge is 0.335 e. The predicted octanol–water partition coefficient (Wildman–Crippen LogP) is 3.21. The van der Waals surface area contributed by atoms with Gasteiger partial charge in [-0.15, -0.1) is 0 Å². The summed E-state index contributed by atoms with van der Waals surface area (Å²) < 4.78 is 26.3. The molecule has 1 heterocycles. The number of benzene rings is 1. The van der Waals surface area contributed by atoms with Crippen molar-refractivity contribution in [1.29, 1.82) is 0 Å². The molecular weight excluding hydrogens is 288 g/mol. The number of likely N-dealkylation sites (tertiary alicyclic amines) is 1. The van der Waals surface area contributed by atoms with Gasteiger partial charge in [-0.1, -0.05) is 13.8 Å². The highest BCUT2D eigenvalue weighted by Crippen LogP contribution is 2.16. The first-order chi connectivity index (χ1) is 10.4. The van der Waals surface area contributed by atoms with Crippen LogP contribution in [0.25, 0.3) is 0 Å². The van der Waals surface area contributed by atoms with Crippen molar-refractivity contribution in [2.24, 2.45) is 5.92 Å². The highest BCUT2D eigenvalue weighted by molar-refractivity contribution is 5.89. The molecule has 2 amide bonds. The predicted molar refractivity (Wildman–Crippen MR) is 82.8 cm³/mol. The second-order valence-corrected chi connectivity index (χ2v) is 6.19. The molecule has 1 saturated heterocycles. The van der Waals surface area contributed by atoms with E-state index in [1.54, 1.807) is 0 Å². The van der Waals surface area contributed by atoms with Crippen LogP contribution in [0.15, 0.2) is 18.2 Å². The molecule has 1 fully saturated rings. The van der Waals surface area contributed by atoms with Crippen LogP contribution in [-0.4, -0.2) is 36.6 Å². The van der Waals surface area contributed by atoms with E-state index in [4.69, 9.17) is 0 Å². The molecule has 0 bridgehead atoms. The van der Waals surface area contributed by atoms with E-state index >= 15 is 0 Å². The Bertz CT molecular complexity index is 514. The monoisotopic (exact) mass is 311 g/mol. The van der Waals surface area contributed by atoms with Crippen molar-refractivity contribution < 1.29 is 13.6 Å². The minimum atomic E-state index is -0.776. The fraction of sp³-hybridized carbons (Fsp3) is 0.562. The van der Waals surface area contributed by atoms with Gasteiger partial charge in [-0.05, 0) is 30.9 Å². The molecule has 1 aliphatic heterocycles. The van der Waals surface area contributed by atoms with Crippen LogP contribution in [0.2, 0.25) is 0 Å². The normalized spacial score (nSPS) is 16.8. The molecule has 0 aromatic heterocycles. The van der Waals surface area contributed by atoms with Crippen molar-refractivity contribution in [3.05, 3.63) is 29.8 Å². The van der Waals surface area contributed by atoms with Crippen molar-refractivity contribution >= 4 is 11.7 Å². The summed E-state index contributed by atoms with van der Waals surface area (Å²) in [6, 6.07) is 2.72. The van der Waals surface area contributed by atoms with Crippen molar-refractivity contribution in [3.63, 3.8) is 0 Å². The van der Waals surface area contributed by atoms with Gasteiger partial charge < -0.3 is 15.5 Å². The Morgan fingerprint density at radius 1 is 1.32 bits per heavy atom. The standard InChI is InChI=1S/C16H23F2N3O/c1-11(2)10-21-7-5-13(6-8-21)19-16(22)20-15-4-3-12(17)9-14(15)18/h3-4,9,11,13H,5-8,10H2,1-2H3,(H2,19,20,22). The van der Waals surface area contributed by atoms with Gasteiger partial charge in [-0.2, -0.15) is 0 Å². The third-order valence-electron chi connectivity index (χ3n) is 3.73. The molecule has 1 aromatic rings. The fourth-order valence-corrected chi connectivity index (χ4v) is 2.71. The number of anilines is 1. The number of hydrogen-bond acceptors (Lipinski definition) is 2. The summed E-state index contributed by atoms with van der Waals surface area (Å²) in [6.07, 6.45) is 1.76. The highest BCUT2D eigenvalue weighted by atomic mass is 19.1. The van der Waals surface area contributed by atoms with Crippen LogP contribution in [0.1, 0.15) is 26.7 Å². The quantitative estimate of drug-likeness (QED) is 0.897. The van der Waals surface area contributed by atoms with Crippen LogP contribution in [0.3, 0.4) is 0 Å². The SMILES string of the molecule is CC(C)CN1CCC(NC(=O)Nc2ccc(F)cc2F)CC1. The molecule has 0 unspecified atom stereocenters. The summed E-state index contributed by atoms with van der Waals surface area (Å²) in [6.45, 7) is 7.35. The van der Waals surface area contributed by atoms with E-state index in [-0.39, 0.29) is 11.7 Å². The molecule has 0 atom stereocenters. The van der Waals surface area contributed by atoms with Gasteiger partial charge in [0, 0.05) is 31.7 Å². The second-order valence-electron chi connectivity index (χ2n) is 6.19. The first-order valence-corrected chi connectivity index (χ1v) is 7.69. The molecule has 1 aromatic carbocycles. The zero-order chi connectivity index (χ0) is 16.1. The zero-order valence-electron chi connectivity index (χ0n) is 13.0. The molecule has 4 nitrogen and oxygen atoms in total. The minimum Gasteiger partial charge on any atom is -0.335 e. The smallest absolute Gasteiger partial charge is 0.319 e. The molecule has 22 heavy (non-hydrogen) atoms. The Hall–Kier alpha value is -1.69. The van der Waals surface area contributed by atoms with E-state index in [1.165, 1.54) is 6.07 Å². The highest BCUT2D eigenvalue weighted by Gasteiger charge is 2.21. The van der Waals surface area contributed by atoms with Crippen LogP contribution < -0.4 is 10.6 Å². The van der Waals surface area contributed by atoms with Crippen molar-refractivity contribution in [3.8, 4) is 0 Å². The summed E-state index contributed by atoms with van der Waals surface area (Å²) >= 11 is 0. The molecule has 0 aliphatic carbocycles. The van der Waals surface area contributed by atoms with Gasteiger partial charge in [-0.3, -0.25) is 0 Å². The lowest BCUT2D eigenvalue weighted by Gasteiger charge is -2.33. The first kappa shape index (κ1) is 16.7. The number of carbonyl (C=O) groups is 1. The number of halogens is 2. The summed E-state index contributed by atoms with van der Waals surface area (Å²) in [5, 5.41) is 5.27. The van der Waals surface area contributed by atoms with Crippen molar-refractivity contribution in [1.82, 2.24) is 10.2 Å². The van der Waals surface area contributed by atoms with E-state index in [1.807, 2.05) is 0 Å². The summed E-state index contributed by atoms with van der Waals surface area (Å²) in [5.41, 5.74) is -0.0175. The third kappa shape index (κ3) is 4.94. The average molecular weight is 311 g/mol. The number of nitrogens with zero attached hydrogens (tertiary/aromatic N) is 1. The maximum atomic E-state index is 13.5. The van der Waals surface area contributed by atoms with Crippen LogP contribution in [0, 0.1) is 17.6 Å². The van der Waals surface area contributed by atoms with Gasteiger partial charge in [0.05, 0.1) is 5.69 Å². The number of hydrogen-bond donors (Lipinski definition) is 2. The third-order valence-corrected chi connectivity index (χ3v) is 3.73. The Balaban J connectivity index is 1.78. The van der Waals surface area contributed by atoms with E-state index in [0.29, 0.717) is 5.92 Å². The Kier molecular flexibility index (Phi) is 5.71. The van der Waals surface area contributed by atoms with Crippen molar-refractivity contribution in [2.45, 2.75) is 32.7 Å². The maximum Gasteiger partial charge on any atom is 0.319 e. The molecule has 0 saturated carbocycles. The topological polar surface area (TPSA) is 44.4 Å². The zero-order valence-corrected chi connectivity index (χ0v) is 13.0. The van der Waals surface area contributed by atoms with Gasteiger partial charge in [0.15, 0.2) is 0 Å². The first-order valence-electron chi connectivity index (χ1n) is 7.69. The Labute approximate surface area is 129 Å². The van der Waals surface area contributed by atoms with Gasteiger partial charge in [0.1, 0.15) is 11.6 Å². The van der Waals surface area contributed by atoms with E-state index in [0.717, 1.165) is 44.6 Å². The average Bonchev–Trinajstić information content (AvgIpc) is 2.43. The molecule has 0 radical (unpaired) electrons. The molecular formula is C16H23F2N3O. The lowest BCUT2D eigenvalue weighted by atomic mass is 10.0. The molecule has 0 spiro atoms. The van der Waals surface area contributed by atoms with E-state index < -0.39 is 17.7 Å². The number of nitrogens with one attached hydrogen (secondary N) is 2. The van der Waals surface area contributed by atoms with Crippen molar-refractivity contribution in [2.75, 3.05) is 25.0 Å². The second kappa shape index (κ2) is 7.54. The Morgan fingerprint density at radius 2 is 2.00 bits per heavy atom. The van der Waals surface area contributed by atoms with Crippen LogP contribution in [0.4, 0.5) is 19.3 Å². The molecule has 6 heteroatoms.